The van der Waals surface area contributed by atoms with Crippen LogP contribution in [0.1, 0.15) is 31.5 Å². The van der Waals surface area contributed by atoms with Crippen molar-refractivity contribution in [3.63, 3.8) is 0 Å². The molecule has 0 radical (unpaired) electrons. The summed E-state index contributed by atoms with van der Waals surface area (Å²) in [5.74, 6) is 2.02. The molecule has 0 aliphatic carbocycles. The first-order valence-electron chi connectivity index (χ1n) is 9.84. The number of amidine groups is 1. The molecule has 160 valence electrons. The lowest BCUT2D eigenvalue weighted by atomic mass is 10.1. The van der Waals surface area contributed by atoms with E-state index < -0.39 is 6.17 Å². The molecule has 3 aliphatic rings. The molecule has 0 saturated carbocycles. The zero-order chi connectivity index (χ0) is 21.5. The molecule has 3 aliphatic heterocycles. The van der Waals surface area contributed by atoms with Crippen molar-refractivity contribution >= 4 is 60.4 Å². The molecule has 5 rings (SSSR count). The van der Waals surface area contributed by atoms with Gasteiger partial charge in [-0.1, -0.05) is 57.0 Å². The van der Waals surface area contributed by atoms with Gasteiger partial charge in [0.25, 0.3) is 5.91 Å². The van der Waals surface area contributed by atoms with Crippen molar-refractivity contribution in [3.8, 4) is 11.5 Å². The summed E-state index contributed by atoms with van der Waals surface area (Å²) < 4.78 is 12.7. The first kappa shape index (κ1) is 20.8. The quantitative estimate of drug-likeness (QED) is 0.573. The summed E-state index contributed by atoms with van der Waals surface area (Å²) in [7, 11) is 0. The van der Waals surface area contributed by atoms with Crippen LogP contribution < -0.4 is 25.4 Å². The zero-order valence-corrected chi connectivity index (χ0v) is 20.5. The molecule has 7 nitrogen and oxygen atoms in total. The highest BCUT2D eigenvalue weighted by atomic mass is 79.9. The number of fused-ring (bicyclic) bond motifs is 3. The Morgan fingerprint density at radius 2 is 2.03 bits per heavy atom. The van der Waals surface area contributed by atoms with Gasteiger partial charge in [-0.2, -0.15) is 0 Å². The van der Waals surface area contributed by atoms with Gasteiger partial charge in [-0.25, -0.2) is 5.01 Å². The highest BCUT2D eigenvalue weighted by molar-refractivity contribution is 9.10. The van der Waals surface area contributed by atoms with E-state index in [1.165, 1.54) is 0 Å². The van der Waals surface area contributed by atoms with Crippen LogP contribution in [0.25, 0.3) is 5.70 Å². The lowest BCUT2D eigenvalue weighted by Gasteiger charge is -2.34. The summed E-state index contributed by atoms with van der Waals surface area (Å²) in [5.41, 5.74) is 1.31. The Labute approximate surface area is 199 Å². The molecule has 1 atom stereocenters. The number of carbonyl (C=O) groups is 1. The Morgan fingerprint density at radius 1 is 1.23 bits per heavy atom. The molecule has 3 heterocycles. The van der Waals surface area contributed by atoms with Crippen molar-refractivity contribution in [2.75, 3.05) is 12.5 Å². The fourth-order valence-electron chi connectivity index (χ4n) is 3.56. The number of benzene rings is 2. The molecular formula is C21H18Br2N4O3S. The Kier molecular flexibility index (Phi) is 5.70. The zero-order valence-electron chi connectivity index (χ0n) is 16.5. The van der Waals surface area contributed by atoms with Crippen LogP contribution in [0, 0.1) is 0 Å². The number of unbranched alkanes of at least 4 members (excludes halogenated alkanes) is 1. The van der Waals surface area contributed by atoms with E-state index >= 15 is 0 Å². The van der Waals surface area contributed by atoms with Gasteiger partial charge in [-0.05, 0) is 36.8 Å². The predicted octanol–water partition coefficient (Wildman–Crippen LogP) is 3.62. The van der Waals surface area contributed by atoms with Crippen LogP contribution in [0.15, 0.2) is 49.4 Å². The maximum Gasteiger partial charge on any atom is 0.276 e. The number of hydrazone groups is 1. The number of halogens is 2. The van der Waals surface area contributed by atoms with Gasteiger partial charge in [0, 0.05) is 25.5 Å². The summed E-state index contributed by atoms with van der Waals surface area (Å²) in [6, 6.07) is 9.49. The van der Waals surface area contributed by atoms with Crippen LogP contribution in [-0.4, -0.2) is 28.6 Å². The normalized spacial score (nSPS) is 18.7. The summed E-state index contributed by atoms with van der Waals surface area (Å²) in [6.07, 6.45) is 1.60. The van der Waals surface area contributed by atoms with Crippen molar-refractivity contribution in [2.24, 2.45) is 10.1 Å². The second-order valence-electron chi connectivity index (χ2n) is 7.15. The average Bonchev–Trinajstić information content (AvgIpc) is 3.20. The van der Waals surface area contributed by atoms with Gasteiger partial charge >= 0.3 is 0 Å². The second kappa shape index (κ2) is 8.48. The van der Waals surface area contributed by atoms with Gasteiger partial charge in [0.1, 0.15) is 5.70 Å². The molecule has 1 amide bonds. The van der Waals surface area contributed by atoms with Crippen LogP contribution in [0.2, 0.25) is 0 Å². The topological polar surface area (TPSA) is 75.5 Å². The number of hydrogen-bond donors (Lipinski definition) is 1. The monoisotopic (exact) mass is 564 g/mol. The number of nitrogens with one attached hydrogen (secondary N) is 1. The first-order chi connectivity index (χ1) is 15.0. The number of rotatable bonds is 4. The molecule has 0 aromatic heterocycles. The molecular weight excluding hydrogens is 548 g/mol. The van der Waals surface area contributed by atoms with Gasteiger partial charge in [0.05, 0.1) is 5.36 Å². The van der Waals surface area contributed by atoms with Crippen LogP contribution in [0.4, 0.5) is 0 Å². The number of nitrogens with zero attached hydrogens (tertiary/aromatic N) is 3. The standard InChI is InChI=1S/C21H18Br2N4O3S/c1-2-3-6-31-21-25-20(28)18-13-7-11(22)4-5-15(13)24-19(27(18)26-21)12-8-16-17(9-14(12)23)30-10-29-16/h4-5,7-9,19H,2-3,6,10H2,1H3,(H,25,26,28). The average molecular weight is 566 g/mol. The van der Waals surface area contributed by atoms with Crippen molar-refractivity contribution < 1.29 is 14.3 Å². The number of ether oxygens (including phenoxy) is 2. The van der Waals surface area contributed by atoms with E-state index in [2.05, 4.69) is 44.1 Å². The third-order valence-electron chi connectivity index (χ3n) is 5.08. The minimum absolute atomic E-state index is 0.184. The maximum atomic E-state index is 13.2. The Morgan fingerprint density at radius 3 is 2.84 bits per heavy atom. The van der Waals surface area contributed by atoms with Crippen molar-refractivity contribution in [1.29, 1.82) is 0 Å². The van der Waals surface area contributed by atoms with Gasteiger partial charge in [0.15, 0.2) is 22.8 Å². The summed E-state index contributed by atoms with van der Waals surface area (Å²) in [4.78, 5) is 18.2. The molecule has 10 heteroatoms. The number of amides is 1. The molecule has 0 bridgehead atoms. The number of hydrogen-bond acceptors (Lipinski definition) is 7. The van der Waals surface area contributed by atoms with Crippen molar-refractivity contribution in [2.45, 2.75) is 25.9 Å². The lowest BCUT2D eigenvalue weighted by molar-refractivity contribution is -0.116. The van der Waals surface area contributed by atoms with E-state index in [1.807, 2.05) is 30.3 Å². The lowest BCUT2D eigenvalue weighted by Crippen LogP contribution is -2.50. The minimum atomic E-state index is -0.527. The van der Waals surface area contributed by atoms with Gasteiger partial charge in [-0.3, -0.25) is 15.1 Å². The first-order valence-corrected chi connectivity index (χ1v) is 12.4. The van der Waals surface area contributed by atoms with Crippen LogP contribution >= 0.6 is 43.6 Å². The third-order valence-corrected chi connectivity index (χ3v) is 7.21. The van der Waals surface area contributed by atoms with Gasteiger partial charge < -0.3 is 9.47 Å². The minimum Gasteiger partial charge on any atom is -0.454 e. The molecule has 2 aromatic rings. The van der Waals surface area contributed by atoms with Gasteiger partial charge in [-0.15, -0.1) is 5.10 Å². The summed E-state index contributed by atoms with van der Waals surface area (Å²) >= 11 is 8.69. The molecule has 0 saturated heterocycles. The maximum absolute atomic E-state index is 13.2. The molecule has 1 N–H and O–H groups in total. The predicted molar refractivity (Wildman–Crippen MR) is 126 cm³/mol. The molecule has 0 spiro atoms. The van der Waals surface area contributed by atoms with Crippen LogP contribution in [0.3, 0.4) is 0 Å². The largest absolute Gasteiger partial charge is 0.454 e. The van der Waals surface area contributed by atoms with E-state index in [4.69, 9.17) is 19.6 Å². The van der Waals surface area contributed by atoms with E-state index in [9.17, 15) is 4.79 Å². The summed E-state index contributed by atoms with van der Waals surface area (Å²) in [5, 5.41) is 11.5. The van der Waals surface area contributed by atoms with E-state index in [1.54, 1.807) is 16.8 Å². The summed E-state index contributed by atoms with van der Waals surface area (Å²) in [6.45, 7) is 2.32. The highest BCUT2D eigenvalue weighted by Crippen LogP contribution is 2.42. The van der Waals surface area contributed by atoms with Gasteiger partial charge in [0.2, 0.25) is 6.79 Å². The molecule has 31 heavy (non-hydrogen) atoms. The number of thioether (sulfide) groups is 1. The Bertz CT molecular complexity index is 1230. The van der Waals surface area contributed by atoms with Crippen molar-refractivity contribution in [3.05, 3.63) is 55.4 Å². The highest BCUT2D eigenvalue weighted by Gasteiger charge is 2.36. The second-order valence-corrected chi connectivity index (χ2v) is 10.00. The van der Waals surface area contributed by atoms with E-state index in [-0.39, 0.29) is 12.7 Å². The van der Waals surface area contributed by atoms with Crippen LogP contribution in [-0.2, 0) is 4.79 Å². The fraction of sp³-hybridized carbons (Fsp3) is 0.286. The smallest absolute Gasteiger partial charge is 0.276 e. The fourth-order valence-corrected chi connectivity index (χ4v) is 5.39. The molecule has 1 unspecified atom stereocenters. The van der Waals surface area contributed by atoms with E-state index in [0.717, 1.165) is 43.7 Å². The van der Waals surface area contributed by atoms with E-state index in [0.29, 0.717) is 22.4 Å². The molecule has 0 fully saturated rings. The van der Waals surface area contributed by atoms with Crippen molar-refractivity contribution in [1.82, 2.24) is 10.3 Å². The molecule has 2 aromatic carbocycles. The Hall–Kier alpha value is -2.04. The Balaban J connectivity index is 1.67. The number of carbonyl (C=O) groups excluding carboxylic acids is 1. The van der Waals surface area contributed by atoms with Crippen LogP contribution in [0.5, 0.6) is 11.5 Å². The SMILES string of the molecule is CCCCSC1=NN2C(=c3cc(Br)ccc3=NC2c2cc3c(cc2Br)OCO3)C(=O)N1. The third kappa shape index (κ3) is 3.85.